The van der Waals surface area contributed by atoms with Gasteiger partial charge in [-0.05, 0) is 28.1 Å². The Morgan fingerprint density at radius 2 is 2.12 bits per heavy atom. The summed E-state index contributed by atoms with van der Waals surface area (Å²) >= 11 is 3.15. The van der Waals surface area contributed by atoms with Crippen LogP contribution in [-0.2, 0) is 10.0 Å². The Morgan fingerprint density at radius 1 is 1.35 bits per heavy atom. The summed E-state index contributed by atoms with van der Waals surface area (Å²) in [5, 5.41) is 5.91. The van der Waals surface area contributed by atoms with Crippen LogP contribution in [-0.4, -0.2) is 23.6 Å². The highest BCUT2D eigenvalue weighted by Crippen LogP contribution is 2.19. The van der Waals surface area contributed by atoms with Gasteiger partial charge in [0.05, 0.1) is 18.1 Å². The fourth-order valence-electron chi connectivity index (χ4n) is 1.15. The maximum atomic E-state index is 11.9. The minimum Gasteiger partial charge on any atom is -0.383 e. The minimum absolute atomic E-state index is 0.0115. The van der Waals surface area contributed by atoms with Crippen molar-refractivity contribution in [3.8, 4) is 0 Å². The number of hydrogen-bond donors (Lipinski definition) is 3. The van der Waals surface area contributed by atoms with Crippen LogP contribution in [0.1, 0.15) is 0 Å². The Labute approximate surface area is 106 Å². The fourth-order valence-corrected chi connectivity index (χ4v) is 2.45. The number of nitrogens with one attached hydrogen (secondary N) is 2. The molecule has 0 saturated carbocycles. The molecule has 0 radical (unpaired) electrons. The number of aromatic amines is 1. The van der Waals surface area contributed by atoms with Crippen molar-refractivity contribution in [3.63, 3.8) is 0 Å². The molecule has 90 valence electrons. The summed E-state index contributed by atoms with van der Waals surface area (Å²) in [6, 6.07) is 3.20. The molecule has 0 unspecified atom stereocenters. The Morgan fingerprint density at radius 3 is 2.65 bits per heavy atom. The maximum Gasteiger partial charge on any atom is 0.267 e. The van der Waals surface area contributed by atoms with Crippen molar-refractivity contribution in [1.82, 2.24) is 15.2 Å². The zero-order valence-electron chi connectivity index (χ0n) is 8.38. The van der Waals surface area contributed by atoms with Crippen LogP contribution in [0, 0.1) is 0 Å². The van der Waals surface area contributed by atoms with Crippen LogP contribution in [0.5, 0.6) is 0 Å². The molecule has 0 aliphatic heterocycles. The molecule has 0 amide bonds. The molecule has 17 heavy (non-hydrogen) atoms. The Balaban J connectivity index is 2.30. The molecule has 0 saturated heterocycles. The van der Waals surface area contributed by atoms with Gasteiger partial charge >= 0.3 is 0 Å². The van der Waals surface area contributed by atoms with E-state index in [0.717, 1.165) is 6.20 Å². The van der Waals surface area contributed by atoms with Gasteiger partial charge in [0, 0.05) is 0 Å². The molecule has 2 rings (SSSR count). The van der Waals surface area contributed by atoms with Gasteiger partial charge in [-0.1, -0.05) is 0 Å². The minimum atomic E-state index is -3.74. The Hall–Kier alpha value is -1.61. The van der Waals surface area contributed by atoms with E-state index in [1.807, 2.05) is 0 Å². The summed E-state index contributed by atoms with van der Waals surface area (Å²) in [5.41, 5.74) is 5.79. The normalized spacial score (nSPS) is 11.4. The lowest BCUT2D eigenvalue weighted by Gasteiger charge is -2.06. The molecule has 0 fully saturated rings. The second-order valence-corrected chi connectivity index (χ2v) is 5.59. The van der Waals surface area contributed by atoms with Crippen LogP contribution in [0.4, 0.5) is 11.5 Å². The smallest absolute Gasteiger partial charge is 0.267 e. The molecular weight excluding hydrogens is 310 g/mol. The van der Waals surface area contributed by atoms with Crippen molar-refractivity contribution in [3.05, 3.63) is 29.1 Å². The summed E-state index contributed by atoms with van der Waals surface area (Å²) in [6.45, 7) is 0. The van der Waals surface area contributed by atoms with E-state index >= 15 is 0 Å². The molecule has 0 aromatic carbocycles. The second kappa shape index (κ2) is 4.34. The molecule has 0 spiro atoms. The van der Waals surface area contributed by atoms with Crippen molar-refractivity contribution in [2.45, 2.75) is 4.90 Å². The molecular formula is C8H8BrN5O2S. The summed E-state index contributed by atoms with van der Waals surface area (Å²) < 4.78 is 26.7. The van der Waals surface area contributed by atoms with E-state index in [1.54, 1.807) is 12.1 Å². The number of pyridine rings is 1. The van der Waals surface area contributed by atoms with Gasteiger partial charge in [0.15, 0.2) is 0 Å². The van der Waals surface area contributed by atoms with Crippen molar-refractivity contribution >= 4 is 37.5 Å². The van der Waals surface area contributed by atoms with Crippen LogP contribution < -0.4 is 10.5 Å². The first-order valence-electron chi connectivity index (χ1n) is 4.42. The molecule has 0 aliphatic carbocycles. The van der Waals surface area contributed by atoms with Crippen molar-refractivity contribution in [1.29, 1.82) is 0 Å². The number of nitrogens with two attached hydrogens (primary N) is 1. The third kappa shape index (κ3) is 2.56. The first-order chi connectivity index (χ1) is 7.99. The standard InChI is InChI=1S/C8H8BrN5O2S/c9-7-2-1-5(3-11-7)14-17(15,16)6-4-12-13-8(6)10/h1-4,14H,(H3,10,12,13). The second-order valence-electron chi connectivity index (χ2n) is 3.12. The molecule has 0 bridgehead atoms. The molecule has 7 nitrogen and oxygen atoms in total. The molecule has 2 aromatic heterocycles. The van der Waals surface area contributed by atoms with Gasteiger partial charge in [-0.25, -0.2) is 13.4 Å². The third-order valence-electron chi connectivity index (χ3n) is 1.90. The van der Waals surface area contributed by atoms with E-state index in [4.69, 9.17) is 5.73 Å². The molecule has 2 heterocycles. The summed E-state index contributed by atoms with van der Waals surface area (Å²) in [5.74, 6) is -0.0115. The highest BCUT2D eigenvalue weighted by molar-refractivity contribution is 9.10. The number of sulfonamides is 1. The average molecular weight is 318 g/mol. The number of anilines is 2. The Kier molecular flexibility index (Phi) is 3.03. The van der Waals surface area contributed by atoms with E-state index < -0.39 is 10.0 Å². The van der Waals surface area contributed by atoms with Gasteiger partial charge in [-0.15, -0.1) is 0 Å². The van der Waals surface area contributed by atoms with Gasteiger partial charge in [-0.2, -0.15) is 5.10 Å². The number of nitrogen functional groups attached to an aromatic ring is 1. The summed E-state index contributed by atoms with van der Waals surface area (Å²) in [7, 11) is -3.74. The van der Waals surface area contributed by atoms with Crippen LogP contribution >= 0.6 is 15.9 Å². The molecule has 9 heteroatoms. The highest BCUT2D eigenvalue weighted by Gasteiger charge is 2.19. The number of H-pyrrole nitrogens is 1. The van der Waals surface area contributed by atoms with Gasteiger partial charge in [0.25, 0.3) is 10.0 Å². The van der Waals surface area contributed by atoms with E-state index in [1.165, 1.54) is 6.20 Å². The number of hydrogen-bond acceptors (Lipinski definition) is 5. The fraction of sp³-hybridized carbons (Fsp3) is 0. The third-order valence-corrected chi connectivity index (χ3v) is 3.78. The predicted octanol–water partition coefficient (Wildman–Crippen LogP) is 0.950. The van der Waals surface area contributed by atoms with Crippen LogP contribution in [0.25, 0.3) is 0 Å². The van der Waals surface area contributed by atoms with E-state index in [9.17, 15) is 8.42 Å². The Bertz CT molecular complexity index is 622. The van der Waals surface area contributed by atoms with Gasteiger partial charge in [0.1, 0.15) is 15.3 Å². The zero-order chi connectivity index (χ0) is 12.5. The number of rotatable bonds is 3. The van der Waals surface area contributed by atoms with Gasteiger partial charge < -0.3 is 5.73 Å². The quantitative estimate of drug-likeness (QED) is 0.729. The van der Waals surface area contributed by atoms with Crippen molar-refractivity contribution in [2.24, 2.45) is 0 Å². The molecule has 4 N–H and O–H groups in total. The predicted molar refractivity (Wildman–Crippen MR) is 65.7 cm³/mol. The van der Waals surface area contributed by atoms with E-state index in [0.29, 0.717) is 10.3 Å². The molecule has 0 atom stereocenters. The maximum absolute atomic E-state index is 11.9. The highest BCUT2D eigenvalue weighted by atomic mass is 79.9. The van der Waals surface area contributed by atoms with Crippen molar-refractivity contribution in [2.75, 3.05) is 10.5 Å². The lowest BCUT2D eigenvalue weighted by molar-refractivity contribution is 0.601. The van der Waals surface area contributed by atoms with Crippen LogP contribution in [0.15, 0.2) is 34.0 Å². The van der Waals surface area contributed by atoms with Crippen molar-refractivity contribution < 1.29 is 8.42 Å². The monoisotopic (exact) mass is 317 g/mol. The van der Waals surface area contributed by atoms with E-state index in [2.05, 4.69) is 35.8 Å². The number of aromatic nitrogens is 3. The average Bonchev–Trinajstić information content (AvgIpc) is 2.68. The summed E-state index contributed by atoms with van der Waals surface area (Å²) in [6.07, 6.45) is 2.53. The van der Waals surface area contributed by atoms with E-state index in [-0.39, 0.29) is 10.7 Å². The number of halogens is 1. The molecule has 0 aliphatic rings. The first-order valence-corrected chi connectivity index (χ1v) is 6.70. The van der Waals surface area contributed by atoms with Crippen LogP contribution in [0.2, 0.25) is 0 Å². The summed E-state index contributed by atoms with van der Waals surface area (Å²) in [4.78, 5) is 3.81. The van der Waals surface area contributed by atoms with Crippen LogP contribution in [0.3, 0.4) is 0 Å². The zero-order valence-corrected chi connectivity index (χ0v) is 10.8. The van der Waals surface area contributed by atoms with Gasteiger partial charge in [-0.3, -0.25) is 9.82 Å². The van der Waals surface area contributed by atoms with Gasteiger partial charge in [0.2, 0.25) is 0 Å². The lowest BCUT2D eigenvalue weighted by atomic mass is 10.4. The first kappa shape index (κ1) is 11.9. The molecule has 2 aromatic rings. The SMILES string of the molecule is Nc1[nH]ncc1S(=O)(=O)Nc1ccc(Br)nc1. The number of nitrogens with zero attached hydrogens (tertiary/aromatic N) is 2. The topological polar surface area (TPSA) is 114 Å². The largest absolute Gasteiger partial charge is 0.383 e. The lowest BCUT2D eigenvalue weighted by Crippen LogP contribution is -2.14.